The predicted octanol–water partition coefficient (Wildman–Crippen LogP) is 2.65. The molecule has 2 N–H and O–H groups in total. The van der Waals surface area contributed by atoms with E-state index in [1.54, 1.807) is 29.3 Å². The number of aromatic nitrogens is 1. The highest BCUT2D eigenvalue weighted by Gasteiger charge is 2.55. The Morgan fingerprint density at radius 1 is 1.17 bits per heavy atom. The van der Waals surface area contributed by atoms with Gasteiger partial charge in [-0.1, -0.05) is 22.8 Å². The normalized spacial score (nSPS) is 21.1. The third-order valence-corrected chi connectivity index (χ3v) is 6.92. The van der Waals surface area contributed by atoms with E-state index in [1.165, 1.54) is 18.2 Å². The van der Waals surface area contributed by atoms with E-state index in [1.807, 2.05) is 4.90 Å². The van der Waals surface area contributed by atoms with Gasteiger partial charge in [-0.15, -0.1) is 0 Å². The van der Waals surface area contributed by atoms with Crippen LogP contribution in [-0.2, 0) is 14.4 Å². The lowest BCUT2D eigenvalue weighted by Crippen LogP contribution is -2.57. The number of rotatable bonds is 4. The van der Waals surface area contributed by atoms with E-state index in [4.69, 9.17) is 21.2 Å². The highest BCUT2D eigenvalue weighted by Crippen LogP contribution is 2.36. The summed E-state index contributed by atoms with van der Waals surface area (Å²) >= 11 is 6.28. The summed E-state index contributed by atoms with van der Waals surface area (Å²) in [6, 6.07) is 9.03. The van der Waals surface area contributed by atoms with Crippen molar-refractivity contribution in [3.63, 3.8) is 0 Å². The molecule has 1 aromatic carbocycles. The summed E-state index contributed by atoms with van der Waals surface area (Å²) in [7, 11) is 0. The Labute approximate surface area is 212 Å². The summed E-state index contributed by atoms with van der Waals surface area (Å²) in [6.07, 6.45) is 0.889. The van der Waals surface area contributed by atoms with Crippen LogP contribution in [0.4, 0.5) is 20.7 Å². The number of piperidine rings is 1. The summed E-state index contributed by atoms with van der Waals surface area (Å²) in [6.45, 7) is 3.18. The topological polar surface area (TPSA) is 108 Å². The van der Waals surface area contributed by atoms with Crippen molar-refractivity contribution in [2.45, 2.75) is 24.5 Å². The number of oxime groups is 1. The summed E-state index contributed by atoms with van der Waals surface area (Å²) in [5, 5.41) is 10.4. The quantitative estimate of drug-likeness (QED) is 0.643. The molecule has 1 atom stereocenters. The molecule has 3 aliphatic rings. The molecule has 5 rings (SSSR count). The fraction of sp³-hybridized carbons (Fsp3) is 0.417. The third-order valence-electron chi connectivity index (χ3n) is 6.62. The number of anilines is 2. The van der Waals surface area contributed by atoms with Crippen LogP contribution in [0, 0.1) is 5.82 Å². The molecule has 4 heterocycles. The summed E-state index contributed by atoms with van der Waals surface area (Å²) in [5.74, 6) is -0.159. The fourth-order valence-corrected chi connectivity index (χ4v) is 4.96. The number of nitrogens with one attached hydrogen (secondary N) is 2. The fourth-order valence-electron chi connectivity index (χ4n) is 4.72. The molecular weight excluding hydrogens is 491 g/mol. The van der Waals surface area contributed by atoms with Gasteiger partial charge in [0.2, 0.25) is 0 Å². The largest absolute Gasteiger partial charge is 0.435 e. The maximum absolute atomic E-state index is 13.5. The van der Waals surface area contributed by atoms with Gasteiger partial charge in [0.05, 0.1) is 5.02 Å². The van der Waals surface area contributed by atoms with E-state index >= 15 is 0 Å². The second-order valence-electron chi connectivity index (χ2n) is 8.89. The number of carbonyl (C=O) groups excluding carboxylic acids is 2. The molecule has 36 heavy (non-hydrogen) atoms. The maximum Gasteiger partial charge on any atom is 0.412 e. The first kappa shape index (κ1) is 24.3. The minimum Gasteiger partial charge on any atom is -0.435 e. The number of hydrogen-bond donors (Lipinski definition) is 2. The molecule has 1 spiro atoms. The number of ether oxygens (including phenoxy) is 1. The smallest absolute Gasteiger partial charge is 0.412 e. The van der Waals surface area contributed by atoms with Gasteiger partial charge in [0.1, 0.15) is 11.6 Å². The third kappa shape index (κ3) is 4.93. The van der Waals surface area contributed by atoms with Gasteiger partial charge in [-0.2, -0.15) is 0 Å². The van der Waals surface area contributed by atoms with E-state index in [2.05, 4.69) is 20.8 Å². The molecule has 1 aromatic heterocycles. The van der Waals surface area contributed by atoms with Gasteiger partial charge in [-0.3, -0.25) is 10.1 Å². The minimum absolute atomic E-state index is 0.0515. The molecule has 0 saturated carbocycles. The minimum atomic E-state index is -0.996. The zero-order chi connectivity index (χ0) is 25.1. The number of hydrogen-bond acceptors (Lipinski definition) is 8. The van der Waals surface area contributed by atoms with E-state index in [0.717, 1.165) is 0 Å². The number of benzene rings is 1. The Morgan fingerprint density at radius 3 is 2.67 bits per heavy atom. The van der Waals surface area contributed by atoms with Crippen molar-refractivity contribution in [3.8, 4) is 0 Å². The van der Waals surface area contributed by atoms with Crippen LogP contribution in [0.3, 0.4) is 0 Å². The number of amides is 2. The van der Waals surface area contributed by atoms with Gasteiger partial charge in [0, 0.05) is 50.9 Å². The van der Waals surface area contributed by atoms with Crippen molar-refractivity contribution in [1.82, 2.24) is 15.2 Å². The summed E-state index contributed by atoms with van der Waals surface area (Å²) in [4.78, 5) is 40.1. The highest BCUT2D eigenvalue weighted by atomic mass is 35.5. The maximum atomic E-state index is 13.5. The van der Waals surface area contributed by atoms with Crippen LogP contribution in [0.2, 0.25) is 5.02 Å². The zero-order valence-corrected chi connectivity index (χ0v) is 20.2. The summed E-state index contributed by atoms with van der Waals surface area (Å²) < 4.78 is 19.3. The predicted molar refractivity (Wildman–Crippen MR) is 132 cm³/mol. The Kier molecular flexibility index (Phi) is 6.92. The first-order valence-electron chi connectivity index (χ1n) is 11.8. The van der Waals surface area contributed by atoms with E-state index in [9.17, 15) is 14.0 Å². The number of halogens is 2. The molecule has 10 nitrogen and oxygen atoms in total. The van der Waals surface area contributed by atoms with Gasteiger partial charge >= 0.3 is 6.09 Å². The van der Waals surface area contributed by atoms with Crippen LogP contribution >= 0.6 is 11.6 Å². The van der Waals surface area contributed by atoms with Crippen LogP contribution in [0.15, 0.2) is 47.8 Å². The molecule has 0 bridgehead atoms. The molecule has 2 amide bonds. The second-order valence-corrected chi connectivity index (χ2v) is 9.30. The summed E-state index contributed by atoms with van der Waals surface area (Å²) in [5.41, 5.74) is -0.637. The molecule has 0 radical (unpaired) electrons. The molecule has 2 aromatic rings. The van der Waals surface area contributed by atoms with Crippen LogP contribution in [0.1, 0.15) is 12.8 Å². The molecule has 3 aliphatic heterocycles. The molecule has 2 saturated heterocycles. The lowest BCUT2D eigenvalue weighted by molar-refractivity contribution is -0.125. The highest BCUT2D eigenvalue weighted by molar-refractivity contribution is 6.41. The van der Waals surface area contributed by atoms with Crippen molar-refractivity contribution in [2.75, 3.05) is 49.5 Å². The van der Waals surface area contributed by atoms with Crippen LogP contribution < -0.4 is 15.5 Å². The van der Waals surface area contributed by atoms with Crippen molar-refractivity contribution in [3.05, 3.63) is 53.4 Å². The molecule has 2 fully saturated rings. The monoisotopic (exact) mass is 516 g/mol. The van der Waals surface area contributed by atoms with Gasteiger partial charge < -0.3 is 24.7 Å². The first-order chi connectivity index (χ1) is 17.4. The second kappa shape index (κ2) is 10.3. The lowest BCUT2D eigenvalue weighted by Gasteiger charge is -2.37. The Hall–Kier alpha value is -3.44. The van der Waals surface area contributed by atoms with Crippen LogP contribution in [-0.4, -0.2) is 78.6 Å². The standard InChI is InChI=1S/C24H26ClFN6O4/c25-18-5-2-8-28-21(18)31-11-13-32(14-12-31)22(33)19-20(24(36-30-19)6-9-27-10-7-24)35-23(34)29-17-4-1-3-16(26)15-17/h1-5,8,15,20,27H,6-7,9-14H2,(H,29,34). The number of carbonyl (C=O) groups is 2. The lowest BCUT2D eigenvalue weighted by atomic mass is 9.84. The number of nitrogens with zero attached hydrogens (tertiary/aromatic N) is 4. The van der Waals surface area contributed by atoms with Crippen molar-refractivity contribution < 1.29 is 23.6 Å². The van der Waals surface area contributed by atoms with Crippen molar-refractivity contribution >= 4 is 40.8 Å². The van der Waals surface area contributed by atoms with E-state index < -0.39 is 23.6 Å². The van der Waals surface area contributed by atoms with Gasteiger partial charge in [-0.25, -0.2) is 14.2 Å². The SMILES string of the molecule is O=C(Nc1cccc(F)c1)OC1C(C(=O)N2CCN(c3ncccc3Cl)CC2)=NOC12CCNCC2. The molecule has 1 unspecified atom stereocenters. The molecule has 12 heteroatoms. The average molecular weight is 517 g/mol. The van der Waals surface area contributed by atoms with Crippen molar-refractivity contribution in [1.29, 1.82) is 0 Å². The van der Waals surface area contributed by atoms with Crippen molar-refractivity contribution in [2.24, 2.45) is 5.16 Å². The van der Waals surface area contributed by atoms with Gasteiger partial charge in [-0.05, 0) is 43.4 Å². The number of pyridine rings is 1. The Bertz CT molecular complexity index is 1170. The molecule has 190 valence electrons. The van der Waals surface area contributed by atoms with Gasteiger partial charge in [0.15, 0.2) is 17.4 Å². The molecule has 0 aliphatic carbocycles. The molecular formula is C24H26ClFN6O4. The van der Waals surface area contributed by atoms with Gasteiger partial charge in [0.25, 0.3) is 5.91 Å². The Morgan fingerprint density at radius 2 is 1.94 bits per heavy atom. The zero-order valence-electron chi connectivity index (χ0n) is 19.5. The van der Waals surface area contributed by atoms with Crippen LogP contribution in [0.5, 0.6) is 0 Å². The van der Waals surface area contributed by atoms with Crippen LogP contribution in [0.25, 0.3) is 0 Å². The average Bonchev–Trinajstić information content (AvgIpc) is 3.21. The first-order valence-corrected chi connectivity index (χ1v) is 12.2. The Balaban J connectivity index is 1.29. The van der Waals surface area contributed by atoms with E-state index in [-0.39, 0.29) is 17.3 Å². The van der Waals surface area contributed by atoms with E-state index in [0.29, 0.717) is 63.0 Å². The number of piperazine rings is 1.